The van der Waals surface area contributed by atoms with Crippen molar-refractivity contribution in [2.75, 3.05) is 7.05 Å². The molecule has 0 saturated carbocycles. The number of aliphatic imine (C=N–C) groups is 1. The molecule has 1 aliphatic rings. The summed E-state index contributed by atoms with van der Waals surface area (Å²) >= 11 is 0. The van der Waals surface area contributed by atoms with E-state index in [2.05, 4.69) is 33.8 Å². The number of guanidine groups is 1. The summed E-state index contributed by atoms with van der Waals surface area (Å²) in [5.74, 6) is 0.802. The third kappa shape index (κ3) is 3.85. The Bertz CT molecular complexity index is 517. The Morgan fingerprint density at radius 3 is 2.89 bits per heavy atom. The van der Waals surface area contributed by atoms with Crippen LogP contribution in [0.25, 0.3) is 0 Å². The van der Waals surface area contributed by atoms with Crippen molar-refractivity contribution in [3.63, 3.8) is 0 Å². The molecule has 0 amide bonds. The van der Waals surface area contributed by atoms with Gasteiger partial charge >= 0.3 is 0 Å². The highest BCUT2D eigenvalue weighted by atomic mass is 15.2. The number of benzene rings is 1. The molecule has 0 unspecified atom stereocenters. The largest absolute Gasteiger partial charge is 0.353 e. The number of hydrogen-bond donors (Lipinski definition) is 2. The first-order valence-electron chi connectivity index (χ1n) is 6.43. The van der Waals surface area contributed by atoms with Gasteiger partial charge in [-0.3, -0.25) is 4.99 Å². The Labute approximate surface area is 113 Å². The predicted molar refractivity (Wildman–Crippen MR) is 76.7 cm³/mol. The van der Waals surface area contributed by atoms with Gasteiger partial charge in [0.25, 0.3) is 0 Å². The lowest BCUT2D eigenvalue weighted by Gasteiger charge is -2.16. The first-order chi connectivity index (χ1) is 9.31. The first-order valence-corrected chi connectivity index (χ1v) is 6.43. The van der Waals surface area contributed by atoms with Gasteiger partial charge in [-0.25, -0.2) is 0 Å². The molecule has 98 valence electrons. The minimum Gasteiger partial charge on any atom is -0.353 e. The second kappa shape index (κ2) is 6.60. The third-order valence-electron chi connectivity index (χ3n) is 3.09. The Hall–Kier alpha value is -2.28. The van der Waals surface area contributed by atoms with Crippen molar-refractivity contribution < 1.29 is 0 Å². The van der Waals surface area contributed by atoms with E-state index in [-0.39, 0.29) is 0 Å². The van der Waals surface area contributed by atoms with Gasteiger partial charge in [0.05, 0.1) is 11.6 Å². The van der Waals surface area contributed by atoms with Gasteiger partial charge in [-0.1, -0.05) is 24.3 Å². The average Bonchev–Trinajstić information content (AvgIpc) is 2.96. The van der Waals surface area contributed by atoms with Gasteiger partial charge in [0.1, 0.15) is 0 Å². The fraction of sp³-hybridized carbons (Fsp3) is 0.333. The van der Waals surface area contributed by atoms with E-state index in [0.29, 0.717) is 18.2 Å². The molecule has 1 aromatic carbocycles. The van der Waals surface area contributed by atoms with E-state index in [0.717, 1.165) is 24.4 Å². The highest BCUT2D eigenvalue weighted by Gasteiger charge is 2.11. The monoisotopic (exact) mass is 254 g/mol. The molecule has 2 N–H and O–H groups in total. The zero-order chi connectivity index (χ0) is 13.5. The van der Waals surface area contributed by atoms with Crippen LogP contribution in [0.2, 0.25) is 0 Å². The second-order valence-corrected chi connectivity index (χ2v) is 4.52. The smallest absolute Gasteiger partial charge is 0.191 e. The van der Waals surface area contributed by atoms with E-state index in [4.69, 9.17) is 5.26 Å². The summed E-state index contributed by atoms with van der Waals surface area (Å²) in [5, 5.41) is 15.5. The van der Waals surface area contributed by atoms with Crippen molar-refractivity contribution in [1.82, 2.24) is 10.6 Å². The van der Waals surface area contributed by atoms with Crippen molar-refractivity contribution in [3.05, 3.63) is 47.5 Å². The number of hydrogen-bond acceptors (Lipinski definition) is 2. The van der Waals surface area contributed by atoms with Crippen molar-refractivity contribution in [2.24, 2.45) is 4.99 Å². The van der Waals surface area contributed by atoms with Crippen LogP contribution in [0.1, 0.15) is 24.0 Å². The fourth-order valence-electron chi connectivity index (χ4n) is 2.06. The quantitative estimate of drug-likeness (QED) is 0.492. The van der Waals surface area contributed by atoms with Crippen LogP contribution in [-0.2, 0) is 6.54 Å². The zero-order valence-electron chi connectivity index (χ0n) is 11.1. The summed E-state index contributed by atoms with van der Waals surface area (Å²) in [6, 6.07) is 10.2. The summed E-state index contributed by atoms with van der Waals surface area (Å²) in [6.07, 6.45) is 6.46. The van der Waals surface area contributed by atoms with E-state index < -0.39 is 0 Å². The van der Waals surface area contributed by atoms with Crippen LogP contribution in [0, 0.1) is 11.3 Å². The maximum atomic E-state index is 8.86. The van der Waals surface area contributed by atoms with Gasteiger partial charge < -0.3 is 10.6 Å². The number of nitriles is 1. The van der Waals surface area contributed by atoms with Crippen LogP contribution in [0.4, 0.5) is 0 Å². The molecule has 0 aromatic heterocycles. The highest BCUT2D eigenvalue weighted by Crippen LogP contribution is 2.09. The van der Waals surface area contributed by atoms with Crippen LogP contribution < -0.4 is 10.6 Å². The second-order valence-electron chi connectivity index (χ2n) is 4.52. The SMILES string of the molecule is CN=C(NCc1cccc(C#N)c1)NC1CC=CC1. The summed E-state index contributed by atoms with van der Waals surface area (Å²) in [4.78, 5) is 4.21. The average molecular weight is 254 g/mol. The van der Waals surface area contributed by atoms with Crippen molar-refractivity contribution in [3.8, 4) is 6.07 Å². The lowest BCUT2D eigenvalue weighted by Crippen LogP contribution is -2.42. The fourth-order valence-corrected chi connectivity index (χ4v) is 2.06. The molecule has 0 aliphatic heterocycles. The minimum atomic E-state index is 0.441. The molecule has 0 heterocycles. The molecule has 0 radical (unpaired) electrons. The lowest BCUT2D eigenvalue weighted by molar-refractivity contribution is 0.633. The summed E-state index contributed by atoms with van der Waals surface area (Å²) in [6.45, 7) is 0.662. The van der Waals surface area contributed by atoms with Gasteiger partial charge in [-0.05, 0) is 30.5 Å². The molecule has 0 spiro atoms. The summed E-state index contributed by atoms with van der Waals surface area (Å²) in [7, 11) is 1.77. The van der Waals surface area contributed by atoms with E-state index in [1.54, 1.807) is 13.1 Å². The molecule has 0 saturated heterocycles. The molecule has 4 heteroatoms. The molecular formula is C15H18N4. The lowest BCUT2D eigenvalue weighted by atomic mass is 10.1. The van der Waals surface area contributed by atoms with Gasteiger partial charge in [0.2, 0.25) is 0 Å². The van der Waals surface area contributed by atoms with Crippen molar-refractivity contribution in [2.45, 2.75) is 25.4 Å². The zero-order valence-corrected chi connectivity index (χ0v) is 11.1. The standard InChI is InChI=1S/C15H18N4/c1-17-15(19-14-7-2-3-8-14)18-11-13-6-4-5-12(9-13)10-16/h2-6,9,14H,7-8,11H2,1H3,(H2,17,18,19). The van der Waals surface area contributed by atoms with E-state index in [9.17, 15) is 0 Å². The van der Waals surface area contributed by atoms with Crippen LogP contribution in [0.3, 0.4) is 0 Å². The van der Waals surface area contributed by atoms with Crippen molar-refractivity contribution >= 4 is 5.96 Å². The summed E-state index contributed by atoms with van der Waals surface area (Å²) < 4.78 is 0. The van der Waals surface area contributed by atoms with Gasteiger partial charge in [0, 0.05) is 19.6 Å². The van der Waals surface area contributed by atoms with Crippen molar-refractivity contribution in [1.29, 1.82) is 5.26 Å². The van der Waals surface area contributed by atoms with Crippen LogP contribution in [0.5, 0.6) is 0 Å². The number of rotatable bonds is 3. The van der Waals surface area contributed by atoms with Crippen LogP contribution in [0.15, 0.2) is 41.4 Å². The number of nitrogens with one attached hydrogen (secondary N) is 2. The van der Waals surface area contributed by atoms with Gasteiger partial charge in [-0.2, -0.15) is 5.26 Å². The topological polar surface area (TPSA) is 60.2 Å². The van der Waals surface area contributed by atoms with E-state index in [1.165, 1.54) is 0 Å². The summed E-state index contributed by atoms with van der Waals surface area (Å²) in [5.41, 5.74) is 1.76. The molecule has 19 heavy (non-hydrogen) atoms. The van der Waals surface area contributed by atoms with Gasteiger partial charge in [-0.15, -0.1) is 0 Å². The number of nitrogens with zero attached hydrogens (tertiary/aromatic N) is 2. The Kier molecular flexibility index (Phi) is 4.57. The normalized spacial score (nSPS) is 15.3. The Balaban J connectivity index is 1.87. The molecule has 4 nitrogen and oxygen atoms in total. The molecule has 0 atom stereocenters. The molecule has 2 rings (SSSR count). The minimum absolute atomic E-state index is 0.441. The van der Waals surface area contributed by atoms with E-state index in [1.807, 2.05) is 18.2 Å². The maximum Gasteiger partial charge on any atom is 0.191 e. The molecule has 1 aromatic rings. The first kappa shape index (κ1) is 13.2. The van der Waals surface area contributed by atoms with Crippen LogP contribution in [-0.4, -0.2) is 19.0 Å². The molecular weight excluding hydrogens is 236 g/mol. The predicted octanol–water partition coefficient (Wildman–Crippen LogP) is 1.94. The molecule has 0 fully saturated rings. The molecule has 1 aliphatic carbocycles. The van der Waals surface area contributed by atoms with Crippen LogP contribution >= 0.6 is 0 Å². The Morgan fingerprint density at radius 2 is 2.21 bits per heavy atom. The molecule has 0 bridgehead atoms. The van der Waals surface area contributed by atoms with E-state index >= 15 is 0 Å². The Morgan fingerprint density at radius 1 is 1.42 bits per heavy atom. The third-order valence-corrected chi connectivity index (χ3v) is 3.09. The van der Waals surface area contributed by atoms with Gasteiger partial charge in [0.15, 0.2) is 5.96 Å². The highest BCUT2D eigenvalue weighted by molar-refractivity contribution is 5.80. The maximum absolute atomic E-state index is 8.86.